The molecule has 2 fully saturated rings. The summed E-state index contributed by atoms with van der Waals surface area (Å²) in [6.45, 7) is 13.6. The molecule has 0 spiro atoms. The fraction of sp³-hybridized carbons (Fsp3) is 0.400. The molecule has 0 saturated heterocycles. The van der Waals surface area contributed by atoms with Gasteiger partial charge in [0.25, 0.3) is 5.70 Å². The molecule has 6 rings (SSSR count). The Balaban J connectivity index is 0.900. The van der Waals surface area contributed by atoms with Crippen molar-refractivity contribution >= 4 is 83.2 Å². The third-order valence-electron chi connectivity index (χ3n) is 13.2. The van der Waals surface area contributed by atoms with Crippen LogP contribution in [0.3, 0.4) is 0 Å². The monoisotopic (exact) mass is 1190 g/mol. The van der Waals surface area contributed by atoms with Crippen molar-refractivity contribution in [3.05, 3.63) is 118 Å². The molecule has 2 saturated carbocycles. The van der Waals surface area contributed by atoms with E-state index in [1.54, 1.807) is 48.5 Å². The minimum absolute atomic E-state index is 0.0523. The molecule has 3 aromatic rings. The van der Waals surface area contributed by atoms with E-state index >= 15 is 0 Å². The van der Waals surface area contributed by atoms with Crippen molar-refractivity contribution < 1.29 is 95.3 Å². The first-order valence-electron chi connectivity index (χ1n) is 26.9. The van der Waals surface area contributed by atoms with E-state index < -0.39 is 83.4 Å². The van der Waals surface area contributed by atoms with Crippen molar-refractivity contribution in [2.24, 2.45) is 23.7 Å². The van der Waals surface area contributed by atoms with Crippen LogP contribution in [0.25, 0.3) is 4.85 Å². The van der Waals surface area contributed by atoms with Gasteiger partial charge in [0, 0.05) is 25.0 Å². The first kappa shape index (κ1) is 64.4. The third kappa shape index (κ3) is 20.6. The van der Waals surface area contributed by atoms with Gasteiger partial charge in [-0.15, -0.1) is 0 Å². The average molecular weight is 1190 g/mol. The summed E-state index contributed by atoms with van der Waals surface area (Å²) in [5.41, 5.74) is 1.42. The van der Waals surface area contributed by atoms with E-state index in [4.69, 9.17) is 53.9 Å². The molecule has 3 aromatic carbocycles. The van der Waals surface area contributed by atoms with Gasteiger partial charge in [0.05, 0.1) is 89.2 Å². The molecule has 3 aliphatic rings. The Kier molecular flexibility index (Phi) is 25.6. The zero-order valence-electron chi connectivity index (χ0n) is 45.7. The van der Waals surface area contributed by atoms with E-state index in [1.807, 2.05) is 6.07 Å². The number of hydrogen-bond acceptors (Lipinski definition) is 23. The molecule has 0 amide bonds. The van der Waals surface area contributed by atoms with Crippen molar-refractivity contribution in [1.82, 2.24) is 0 Å². The van der Waals surface area contributed by atoms with Crippen molar-refractivity contribution in [3.63, 3.8) is 0 Å². The topological polar surface area (TPSA) is 291 Å². The summed E-state index contributed by atoms with van der Waals surface area (Å²) in [5, 5.41) is 9.70. The van der Waals surface area contributed by atoms with E-state index in [-0.39, 0.29) is 82.5 Å². The lowest BCUT2D eigenvalue weighted by Gasteiger charge is -2.26. The highest BCUT2D eigenvalue weighted by Gasteiger charge is 2.37. The van der Waals surface area contributed by atoms with Gasteiger partial charge < -0.3 is 47.4 Å². The van der Waals surface area contributed by atoms with Crippen LogP contribution in [-0.2, 0) is 89.2 Å². The van der Waals surface area contributed by atoms with Gasteiger partial charge in [0.1, 0.15) is 49.4 Å². The highest BCUT2D eigenvalue weighted by atomic mass is 32.2. The molecule has 24 heteroatoms. The van der Waals surface area contributed by atoms with Crippen LogP contribution < -0.4 is 18.9 Å². The second-order valence-electron chi connectivity index (χ2n) is 19.0. The fourth-order valence-corrected chi connectivity index (χ4v) is 11.1. The Hall–Kier alpha value is -8.74. The van der Waals surface area contributed by atoms with Gasteiger partial charge in [-0.2, -0.15) is 0 Å². The Morgan fingerprint density at radius 1 is 0.476 bits per heavy atom. The van der Waals surface area contributed by atoms with E-state index in [0.29, 0.717) is 89.7 Å². The maximum absolute atomic E-state index is 13.6. The molecule has 0 radical (unpaired) electrons. The van der Waals surface area contributed by atoms with E-state index in [9.17, 15) is 53.2 Å². The largest absolute Gasteiger partial charge is 0.465 e. The zero-order valence-corrected chi connectivity index (χ0v) is 47.3. The highest BCUT2D eigenvalue weighted by molar-refractivity contribution is 8.24. The summed E-state index contributed by atoms with van der Waals surface area (Å²) in [4.78, 5) is 128. The number of esters is 10. The number of ether oxygens (including phenoxy) is 10. The molecule has 0 bridgehead atoms. The lowest BCUT2D eigenvalue weighted by atomic mass is 9.82. The van der Waals surface area contributed by atoms with Gasteiger partial charge in [-0.25, -0.2) is 19.7 Å². The van der Waals surface area contributed by atoms with E-state index in [2.05, 4.69) is 18.0 Å². The van der Waals surface area contributed by atoms with Crippen LogP contribution in [0.4, 0.5) is 0 Å². The Bertz CT molecular complexity index is 2850. The molecule has 0 atom stereocenters. The molecule has 1 heterocycles. The standard InChI is InChI=1S/C60H60N2O20S2/c1-4-48(63)75-32-34-77-52(67)26-24-50(65)73-30-28-37-6-18-43(19-7-37)79-56(69)39-10-14-41(15-11-39)58(71)81-46-22-23-47(55-54(46)83-60(84-55)45(36-61)62-3)82-59(72)42-16-12-40(13-17-42)57(70)80-44-20-8-38(9-21-44)29-31-74-51(66)25-27-53(68)78-35-33-76-49(64)5-2/h4-9,18-23,39-42H,1-2,10-17,24-35H2. The number of fused-ring (bicyclic) bond motifs is 1. The SMILES string of the molecule is [C-]#[N+]C(C#N)=C1Sc2c(OC(=O)C3CCC(C(=O)Oc4ccc(CCOC(=O)CCC(=O)OCCOC(=O)C=C)cc4)CC3)ccc(OC(=O)C3CCC(C(=O)Oc4ccc(CCOC(=O)CCC(=O)OCCOC(=O)C=C)cc4)CC3)c2S1. The molecular weight excluding hydrogens is 1130 g/mol. The first-order valence-corrected chi connectivity index (χ1v) is 28.5. The second kappa shape index (κ2) is 33.4. The predicted octanol–water partition coefficient (Wildman–Crippen LogP) is 8.41. The number of nitriles is 1. The average Bonchev–Trinajstić information content (AvgIpc) is 2.81. The van der Waals surface area contributed by atoms with Crippen molar-refractivity contribution in [2.75, 3.05) is 39.6 Å². The number of allylic oxidation sites excluding steroid dienone is 1. The number of carbonyl (C=O) groups is 10. The smallest absolute Gasteiger partial charge is 0.330 e. The number of thioether (sulfide) groups is 2. The molecule has 0 aromatic heterocycles. The van der Waals surface area contributed by atoms with Crippen LogP contribution in [0.1, 0.15) is 88.2 Å². The van der Waals surface area contributed by atoms with Gasteiger partial charge in [-0.3, -0.25) is 38.4 Å². The van der Waals surface area contributed by atoms with Crippen molar-refractivity contribution in [1.29, 1.82) is 5.26 Å². The lowest BCUT2D eigenvalue weighted by Crippen LogP contribution is -2.30. The molecule has 22 nitrogen and oxygen atoms in total. The molecule has 1 aliphatic heterocycles. The Labute approximate surface area is 492 Å². The fourth-order valence-electron chi connectivity index (χ4n) is 8.64. The van der Waals surface area contributed by atoms with Gasteiger partial charge in [-0.1, -0.05) is 60.9 Å². The second-order valence-corrected chi connectivity index (χ2v) is 21.3. The summed E-state index contributed by atoms with van der Waals surface area (Å²) in [6, 6.07) is 18.3. The minimum atomic E-state index is -0.644. The van der Waals surface area contributed by atoms with Gasteiger partial charge >= 0.3 is 59.7 Å². The summed E-state index contributed by atoms with van der Waals surface area (Å²) in [6.07, 6.45) is 4.75. The number of hydrogen-bond donors (Lipinski definition) is 0. The quantitative estimate of drug-likeness (QED) is 0.0125. The molecule has 2 aliphatic carbocycles. The molecule has 442 valence electrons. The van der Waals surface area contributed by atoms with E-state index in [0.717, 1.165) is 46.8 Å². The summed E-state index contributed by atoms with van der Waals surface area (Å²) >= 11 is 2.11. The molecule has 0 unspecified atom stereocenters. The number of benzene rings is 3. The van der Waals surface area contributed by atoms with Crippen LogP contribution in [-0.4, -0.2) is 99.3 Å². The normalized spacial score (nSPS) is 16.7. The van der Waals surface area contributed by atoms with Gasteiger partial charge in [0.15, 0.2) is 0 Å². The van der Waals surface area contributed by atoms with Crippen LogP contribution >= 0.6 is 23.5 Å². The van der Waals surface area contributed by atoms with Crippen molar-refractivity contribution in [2.45, 2.75) is 99.7 Å². The summed E-state index contributed by atoms with van der Waals surface area (Å²) in [5.74, 6) is -6.79. The third-order valence-corrected chi connectivity index (χ3v) is 15.8. The van der Waals surface area contributed by atoms with Crippen LogP contribution in [0.2, 0.25) is 0 Å². The van der Waals surface area contributed by atoms with Gasteiger partial charge in [-0.05, 0) is 98.9 Å². The highest BCUT2D eigenvalue weighted by Crippen LogP contribution is 2.59. The van der Waals surface area contributed by atoms with Crippen LogP contribution in [0, 0.1) is 41.6 Å². The number of rotatable bonds is 28. The van der Waals surface area contributed by atoms with E-state index in [1.165, 1.54) is 12.1 Å². The molecule has 84 heavy (non-hydrogen) atoms. The van der Waals surface area contributed by atoms with Crippen LogP contribution in [0.15, 0.2) is 106 Å². The Morgan fingerprint density at radius 2 is 0.786 bits per heavy atom. The number of carbonyl (C=O) groups excluding carboxylic acids is 10. The maximum atomic E-state index is 13.6. The van der Waals surface area contributed by atoms with Crippen molar-refractivity contribution in [3.8, 4) is 29.1 Å². The predicted molar refractivity (Wildman–Crippen MR) is 296 cm³/mol. The Morgan fingerprint density at radius 3 is 1.10 bits per heavy atom. The first-order chi connectivity index (χ1) is 40.5. The zero-order chi connectivity index (χ0) is 60.4. The molecular formula is C60H60N2O20S2. The van der Waals surface area contributed by atoms with Crippen LogP contribution in [0.5, 0.6) is 23.0 Å². The van der Waals surface area contributed by atoms with Gasteiger partial charge in [0.2, 0.25) is 0 Å². The molecule has 0 N–H and O–H groups in total. The maximum Gasteiger partial charge on any atom is 0.330 e. The summed E-state index contributed by atoms with van der Waals surface area (Å²) in [7, 11) is 0. The summed E-state index contributed by atoms with van der Waals surface area (Å²) < 4.78 is 53.1. The minimum Gasteiger partial charge on any atom is -0.465 e. The lowest BCUT2D eigenvalue weighted by molar-refractivity contribution is -0.152. The number of nitrogens with zero attached hydrogens (tertiary/aromatic N) is 2.